The smallest absolute Gasteiger partial charge is 0.288 e. The molecule has 0 unspecified atom stereocenters. The Morgan fingerprint density at radius 1 is 0.254 bits per heavy atom. The summed E-state index contributed by atoms with van der Waals surface area (Å²) in [5, 5.41) is 4.54. The molecule has 14 aromatic rings. The van der Waals surface area contributed by atoms with Crippen LogP contribution in [-0.4, -0.2) is 0 Å². The van der Waals surface area contributed by atoms with Gasteiger partial charge in [-0.2, -0.15) is 19.9 Å². The van der Waals surface area contributed by atoms with Gasteiger partial charge in [0.1, 0.15) is 21.5 Å². The van der Waals surface area contributed by atoms with E-state index >= 15 is 0 Å². The van der Waals surface area contributed by atoms with Gasteiger partial charge in [0.15, 0.2) is 21.7 Å². The van der Waals surface area contributed by atoms with Crippen molar-refractivity contribution in [2.24, 2.45) is 0 Å². The lowest BCUT2D eigenvalue weighted by molar-refractivity contribution is -0.359. The summed E-state index contributed by atoms with van der Waals surface area (Å²) in [4.78, 5) is 124. The summed E-state index contributed by atoms with van der Waals surface area (Å²) in [6.45, 7) is 0. The first kappa shape index (κ1) is 40.4. The second-order valence-electron chi connectivity index (χ2n) is 18.5. The number of aryl methyl sites for hydroxylation is 2. The summed E-state index contributed by atoms with van der Waals surface area (Å²) in [5.41, 5.74) is 3.10. The molecule has 0 aliphatic carbocycles. The van der Waals surface area contributed by atoms with Gasteiger partial charge < -0.3 is 0 Å². The Labute approximate surface area is 394 Å². The van der Waals surface area contributed by atoms with Crippen molar-refractivity contribution >= 4 is 130 Å². The molecule has 12 aromatic carbocycles. The third-order valence-electron chi connectivity index (χ3n) is 14.7. The topological polar surface area (TPSA) is 193 Å². The minimum Gasteiger partial charge on any atom is -0.289 e. The third kappa shape index (κ3) is 5.55. The van der Waals surface area contributed by atoms with E-state index in [2.05, 4.69) is 19.9 Å². The number of hydrogen-bond acceptors (Lipinski definition) is 8. The van der Waals surface area contributed by atoms with Crippen molar-refractivity contribution in [3.8, 4) is 0 Å². The minimum atomic E-state index is -0.319. The largest absolute Gasteiger partial charge is 0.289 e. The van der Waals surface area contributed by atoms with Crippen LogP contribution in [0.4, 0.5) is 0 Å². The molecule has 0 bridgehead atoms. The van der Waals surface area contributed by atoms with Gasteiger partial charge in [0.05, 0.1) is 0 Å². The summed E-state index contributed by atoms with van der Waals surface area (Å²) in [5.74, 6) is 0. The summed E-state index contributed by atoms with van der Waals surface area (Å²) < 4.78 is 0. The van der Waals surface area contributed by atoms with Gasteiger partial charge >= 0.3 is 0 Å². The quantitative estimate of drug-likeness (QED) is 0.161. The van der Waals surface area contributed by atoms with Crippen LogP contribution in [0, 0.1) is 0 Å². The second kappa shape index (κ2) is 14.4. The van der Waals surface area contributed by atoms with E-state index in [1.165, 1.54) is 0 Å². The Kier molecular flexibility index (Phi) is 8.20. The van der Waals surface area contributed by atoms with E-state index in [9.17, 15) is 38.4 Å². The predicted molar refractivity (Wildman–Crippen MR) is 276 cm³/mol. The summed E-state index contributed by atoms with van der Waals surface area (Å²) in [6.07, 6.45) is 1.78. The molecule has 14 rings (SSSR count). The van der Waals surface area contributed by atoms with Crippen molar-refractivity contribution in [3.05, 3.63) is 226 Å². The van der Waals surface area contributed by atoms with Crippen LogP contribution in [0.2, 0.25) is 0 Å². The van der Waals surface area contributed by atoms with Crippen molar-refractivity contribution in [2.75, 3.05) is 0 Å². The lowest BCUT2D eigenvalue weighted by Gasteiger charge is -2.07. The molecule has 2 aromatic heterocycles. The fourth-order valence-electron chi connectivity index (χ4n) is 11.2. The molecule has 0 atom stereocenters. The van der Waals surface area contributed by atoms with Crippen LogP contribution < -0.4 is 63.4 Å². The van der Waals surface area contributed by atoms with Gasteiger partial charge in [0.2, 0.25) is 21.7 Å². The molecule has 0 fully saturated rings. The number of hydrogen-bond donors (Lipinski definition) is 0. The number of aromatic nitrogens is 4. The van der Waals surface area contributed by atoms with Crippen LogP contribution in [0.15, 0.2) is 172 Å². The number of H-pyrrole nitrogens is 4. The molecule has 0 aliphatic rings. The lowest BCUT2D eigenvalue weighted by Crippen LogP contribution is -2.24. The Morgan fingerprint density at radius 3 is 0.817 bits per heavy atom. The Bertz CT molecular complexity index is 5020. The van der Waals surface area contributed by atoms with Gasteiger partial charge in [0, 0.05) is 88.9 Å². The van der Waals surface area contributed by atoms with E-state index in [0.717, 1.165) is 11.1 Å². The van der Waals surface area contributed by atoms with Crippen molar-refractivity contribution < 1.29 is 19.9 Å². The molecule has 71 heavy (non-hydrogen) atoms. The first-order chi connectivity index (χ1) is 34.5. The Morgan fingerprint density at radius 2 is 0.507 bits per heavy atom. The second-order valence-corrected chi connectivity index (χ2v) is 18.5. The maximum absolute atomic E-state index is 14.3. The highest BCUT2D eigenvalue weighted by Crippen LogP contribution is 2.26. The molecule has 2 heterocycles. The highest BCUT2D eigenvalue weighted by atomic mass is 16.1. The van der Waals surface area contributed by atoms with E-state index in [1.807, 2.05) is 12.1 Å². The average Bonchev–Trinajstić information content (AvgIpc) is 3.40. The highest BCUT2D eigenvalue weighted by Gasteiger charge is 2.28. The van der Waals surface area contributed by atoms with E-state index in [0.29, 0.717) is 95.7 Å². The molecule has 12 heteroatoms. The van der Waals surface area contributed by atoms with Crippen LogP contribution >= 0.6 is 0 Å². The van der Waals surface area contributed by atoms with E-state index in [-0.39, 0.29) is 97.3 Å². The lowest BCUT2D eigenvalue weighted by atomic mass is 9.95. The first-order valence-electron chi connectivity index (χ1n) is 23.1. The van der Waals surface area contributed by atoms with Crippen molar-refractivity contribution in [1.82, 2.24) is 0 Å². The molecular weight excluding hydrogens is 893 g/mol. The zero-order chi connectivity index (χ0) is 48.1. The third-order valence-corrected chi connectivity index (χ3v) is 14.7. The van der Waals surface area contributed by atoms with E-state index in [4.69, 9.17) is 0 Å². The van der Waals surface area contributed by atoms with Crippen LogP contribution in [0.3, 0.4) is 0 Å². The van der Waals surface area contributed by atoms with Crippen LogP contribution in [-0.2, 0) is 12.8 Å². The predicted octanol–water partition coefficient (Wildman–Crippen LogP) is 5.59. The fourth-order valence-corrected chi connectivity index (χ4v) is 11.2. The molecule has 0 saturated heterocycles. The van der Waals surface area contributed by atoms with Crippen LogP contribution in [0.1, 0.15) is 17.5 Å². The number of fused-ring (bicyclic) bond motifs is 16. The summed E-state index contributed by atoms with van der Waals surface area (Å²) >= 11 is 0. The number of nitrogens with one attached hydrogen (secondary N) is 4. The number of benzene rings is 12. The van der Waals surface area contributed by atoms with Gasteiger partial charge in [-0.15, -0.1) is 0 Å². The number of aromatic amines is 4. The molecule has 0 saturated carbocycles. The van der Waals surface area contributed by atoms with Crippen molar-refractivity contribution in [3.63, 3.8) is 0 Å². The van der Waals surface area contributed by atoms with Gasteiger partial charge in [-0.1, -0.05) is 72.8 Å². The normalized spacial score (nSPS) is 12.3. The van der Waals surface area contributed by atoms with E-state index in [1.54, 1.807) is 121 Å². The van der Waals surface area contributed by atoms with Crippen LogP contribution in [0.5, 0.6) is 0 Å². The average molecular weight is 925 g/mol. The zero-order valence-electron chi connectivity index (χ0n) is 37.1. The molecule has 0 spiro atoms. The van der Waals surface area contributed by atoms with Crippen molar-refractivity contribution in [1.29, 1.82) is 0 Å². The SMILES string of the molecule is O=c1c2ccccc2c(=O)c2c1ccc1[nH+]c3c(ccc4c(=O)c5cc(CCCc6ccc7c(=O)c8c(ccc9[nH+]c%10c(ccc%11c(=O)c%12ccccc%12c(=O)c%11%10)[nH+]c98)c(=O)c7c6)ccc5c(=O)c43)[nH+]c12. The molecule has 0 aliphatic heterocycles. The van der Waals surface area contributed by atoms with Crippen molar-refractivity contribution in [2.45, 2.75) is 19.3 Å². The maximum atomic E-state index is 14.3. The van der Waals surface area contributed by atoms with Gasteiger partial charge in [-0.25, -0.2) is 0 Å². The zero-order valence-corrected chi connectivity index (χ0v) is 37.1. The van der Waals surface area contributed by atoms with E-state index < -0.39 is 0 Å². The highest BCUT2D eigenvalue weighted by molar-refractivity contribution is 6.13. The summed E-state index contributed by atoms with van der Waals surface area (Å²) in [7, 11) is 0. The van der Waals surface area contributed by atoms with Gasteiger partial charge in [-0.05, 0) is 66.8 Å². The molecule has 12 nitrogen and oxygen atoms in total. The standard InChI is InChI=1S/C59H28N4O8/c64-52-28-8-1-3-10-30(28)56(68)44-34(52)16-20-40-48(44)60-42-22-18-36-46(50(42)62-40)58(70)32-14-12-26(24-38(32)54(36)66)6-5-7-27-13-15-33-39(25-27)55(67)37-19-23-43-51(47(37)59(33)71)63-41-21-17-35-45(49(41)61-43)57(69)31-11-4-2-9-29(31)53(35)65/h1-4,8-25H,5-7H2/p+4. The fraction of sp³-hybridized carbons (Fsp3) is 0.0508. The van der Waals surface area contributed by atoms with Gasteiger partial charge in [-0.3, -0.25) is 38.4 Å². The molecule has 332 valence electrons. The maximum Gasteiger partial charge on any atom is 0.288 e. The molecule has 0 amide bonds. The minimum absolute atomic E-state index is 0.221. The summed E-state index contributed by atoms with van der Waals surface area (Å²) in [6, 6.07) is 37.3. The Balaban J connectivity index is 0.789. The van der Waals surface area contributed by atoms with Gasteiger partial charge in [0.25, 0.3) is 44.1 Å². The molecule has 4 N–H and O–H groups in total. The molecule has 0 radical (unpaired) electrons. The van der Waals surface area contributed by atoms with Crippen LogP contribution in [0.25, 0.3) is 130 Å². The number of rotatable bonds is 4. The first-order valence-corrected chi connectivity index (χ1v) is 23.1. The molecular formula is C59H32N4O8+4. The monoisotopic (exact) mass is 924 g/mol. The Hall–Kier alpha value is -9.68.